The fourth-order valence-corrected chi connectivity index (χ4v) is 7.99. The minimum atomic E-state index is -4.65. The van der Waals surface area contributed by atoms with E-state index < -0.39 is 12.0 Å². The third kappa shape index (κ3) is 7.12. The molecule has 240 valence electrons. The predicted molar refractivity (Wildman–Crippen MR) is 157 cm³/mol. The number of halogens is 3. The molecule has 2 amide bonds. The van der Waals surface area contributed by atoms with Crippen LogP contribution in [-0.4, -0.2) is 87.6 Å². The number of alkyl halides is 3. The molecule has 11 heteroatoms. The van der Waals surface area contributed by atoms with Crippen LogP contribution in [0, 0.1) is 25.7 Å². The molecule has 1 unspecified atom stereocenters. The molecule has 1 spiro atoms. The molecule has 0 aromatic carbocycles. The van der Waals surface area contributed by atoms with Gasteiger partial charge in [0.15, 0.2) is 0 Å². The van der Waals surface area contributed by atoms with Crippen LogP contribution < -0.4 is 0 Å². The van der Waals surface area contributed by atoms with Crippen LogP contribution in [0.15, 0.2) is 0 Å². The summed E-state index contributed by atoms with van der Waals surface area (Å²) in [4.78, 5) is 39.9. The maximum atomic E-state index is 13.3. The summed E-state index contributed by atoms with van der Waals surface area (Å²) in [5, 5.41) is 0. The van der Waals surface area contributed by atoms with Crippen LogP contribution in [0.2, 0.25) is 0 Å². The number of piperidine rings is 2. The summed E-state index contributed by atoms with van der Waals surface area (Å²) in [6.45, 7) is 9.53. The minimum absolute atomic E-state index is 0.0604. The first kappa shape index (κ1) is 32.0. The van der Waals surface area contributed by atoms with Gasteiger partial charge in [-0.05, 0) is 51.9 Å². The first-order valence-electron chi connectivity index (χ1n) is 16.4. The standard InChI is InChI=1S/C32H48F3N5O3/c1-4-5-11-25-21-40(20-24-9-7-6-8-10-24)30(42)43-31(25)14-18-38(19-15-31)26-12-16-39(17-13-26)28(41)27-22(2)36-29(32(33,34)35)37-23(27)3/h24-26H,4-21H2,1-3H3. The lowest BCUT2D eigenvalue weighted by molar-refractivity contribution is -0.145. The highest BCUT2D eigenvalue weighted by Crippen LogP contribution is 2.42. The third-order valence-corrected chi connectivity index (χ3v) is 10.5. The van der Waals surface area contributed by atoms with Crippen LogP contribution in [-0.2, 0) is 10.9 Å². The molecule has 0 bridgehead atoms. The van der Waals surface area contributed by atoms with Crippen LogP contribution in [0.1, 0.15) is 112 Å². The van der Waals surface area contributed by atoms with Crippen molar-refractivity contribution in [3.05, 3.63) is 22.8 Å². The van der Waals surface area contributed by atoms with Crippen molar-refractivity contribution >= 4 is 12.0 Å². The van der Waals surface area contributed by atoms with E-state index in [0.29, 0.717) is 31.0 Å². The third-order valence-electron chi connectivity index (χ3n) is 10.5. The average molecular weight is 608 g/mol. The lowest BCUT2D eigenvalue weighted by Crippen LogP contribution is -2.61. The number of ether oxygens (including phenoxy) is 1. The highest BCUT2D eigenvalue weighted by molar-refractivity contribution is 5.96. The van der Waals surface area contributed by atoms with Crippen LogP contribution in [0.3, 0.4) is 0 Å². The van der Waals surface area contributed by atoms with E-state index in [9.17, 15) is 22.8 Å². The van der Waals surface area contributed by atoms with Gasteiger partial charge in [0.1, 0.15) is 5.60 Å². The van der Waals surface area contributed by atoms with Gasteiger partial charge in [0.05, 0.1) is 17.0 Å². The highest BCUT2D eigenvalue weighted by Gasteiger charge is 2.50. The molecule has 3 aliphatic heterocycles. The fraction of sp³-hybridized carbons (Fsp3) is 0.812. The Balaban J connectivity index is 1.16. The first-order valence-corrected chi connectivity index (χ1v) is 16.4. The lowest BCUT2D eigenvalue weighted by atomic mass is 9.75. The second-order valence-corrected chi connectivity index (χ2v) is 13.3. The van der Waals surface area contributed by atoms with Gasteiger partial charge >= 0.3 is 12.3 Å². The van der Waals surface area contributed by atoms with Crippen LogP contribution >= 0.6 is 0 Å². The number of carbonyl (C=O) groups excluding carboxylic acids is 2. The smallest absolute Gasteiger partial charge is 0.442 e. The van der Waals surface area contributed by atoms with E-state index in [2.05, 4.69) is 21.8 Å². The molecular formula is C32H48F3N5O3. The van der Waals surface area contributed by atoms with Gasteiger partial charge in [-0.15, -0.1) is 0 Å². The summed E-state index contributed by atoms with van der Waals surface area (Å²) in [5.74, 6) is -0.558. The molecule has 1 aromatic heterocycles. The molecule has 43 heavy (non-hydrogen) atoms. The van der Waals surface area contributed by atoms with Crippen LogP contribution in [0.4, 0.5) is 18.0 Å². The quantitative estimate of drug-likeness (QED) is 0.358. The van der Waals surface area contributed by atoms with E-state index in [1.807, 2.05) is 4.90 Å². The summed E-state index contributed by atoms with van der Waals surface area (Å²) in [6, 6.07) is 0.323. The van der Waals surface area contributed by atoms with Crippen molar-refractivity contribution in [2.75, 3.05) is 39.3 Å². The Kier molecular flexibility index (Phi) is 9.88. The van der Waals surface area contributed by atoms with Crippen molar-refractivity contribution in [3.63, 3.8) is 0 Å². The number of aromatic nitrogens is 2. The Hall–Kier alpha value is -2.43. The van der Waals surface area contributed by atoms with Gasteiger partial charge in [0.2, 0.25) is 5.82 Å². The lowest BCUT2D eigenvalue weighted by Gasteiger charge is -2.52. The first-order chi connectivity index (χ1) is 20.5. The normalized spacial score (nSPS) is 24.4. The van der Waals surface area contributed by atoms with E-state index >= 15 is 0 Å². The van der Waals surface area contributed by atoms with Gasteiger partial charge in [-0.1, -0.05) is 39.0 Å². The summed E-state index contributed by atoms with van der Waals surface area (Å²) in [7, 11) is 0. The molecule has 4 fully saturated rings. The summed E-state index contributed by atoms with van der Waals surface area (Å²) in [5.41, 5.74) is -0.100. The number of hydrogen-bond acceptors (Lipinski definition) is 6. The van der Waals surface area contributed by atoms with Crippen LogP contribution in [0.25, 0.3) is 0 Å². The van der Waals surface area contributed by atoms with Crippen molar-refractivity contribution in [2.45, 2.75) is 116 Å². The topological polar surface area (TPSA) is 78.9 Å². The number of unbranched alkanes of at least 4 members (excludes halogenated alkanes) is 1. The van der Waals surface area contributed by atoms with E-state index in [1.54, 1.807) is 4.90 Å². The number of hydrogen-bond donors (Lipinski definition) is 0. The zero-order valence-electron chi connectivity index (χ0n) is 26.1. The second kappa shape index (κ2) is 13.3. The second-order valence-electron chi connectivity index (χ2n) is 13.3. The van der Waals surface area contributed by atoms with Crippen molar-refractivity contribution in [1.82, 2.24) is 24.7 Å². The SMILES string of the molecule is CCCCC1CN(CC2CCCCC2)C(=O)OC12CCN(C1CCN(C(=O)c3c(C)nc(C(F)(F)F)nc3C)CC1)CC2. The Morgan fingerprint density at radius 3 is 2.19 bits per heavy atom. The molecule has 0 radical (unpaired) electrons. The number of nitrogens with zero attached hydrogens (tertiary/aromatic N) is 5. The van der Waals surface area contributed by atoms with Gasteiger partial charge in [-0.3, -0.25) is 9.69 Å². The van der Waals surface area contributed by atoms with Gasteiger partial charge in [0, 0.05) is 64.1 Å². The molecule has 1 atom stereocenters. The molecule has 4 heterocycles. The predicted octanol–water partition coefficient (Wildman–Crippen LogP) is 6.39. The van der Waals surface area contributed by atoms with E-state index in [4.69, 9.17) is 4.74 Å². The van der Waals surface area contributed by atoms with Gasteiger partial charge in [-0.2, -0.15) is 13.2 Å². The van der Waals surface area contributed by atoms with Crippen molar-refractivity contribution in [3.8, 4) is 0 Å². The maximum absolute atomic E-state index is 13.3. The molecule has 3 saturated heterocycles. The van der Waals surface area contributed by atoms with Gasteiger partial charge in [-0.25, -0.2) is 14.8 Å². The van der Waals surface area contributed by atoms with Gasteiger partial charge < -0.3 is 14.5 Å². The number of carbonyl (C=O) groups is 2. The summed E-state index contributed by atoms with van der Waals surface area (Å²) < 4.78 is 45.7. The minimum Gasteiger partial charge on any atom is -0.442 e. The number of amides is 2. The summed E-state index contributed by atoms with van der Waals surface area (Å²) >= 11 is 0. The molecular weight excluding hydrogens is 559 g/mol. The Bertz CT molecular complexity index is 1120. The molecule has 1 saturated carbocycles. The molecule has 5 rings (SSSR count). The van der Waals surface area contributed by atoms with E-state index in [0.717, 1.165) is 71.1 Å². The number of likely N-dealkylation sites (tertiary alicyclic amines) is 2. The number of aryl methyl sites for hydroxylation is 2. The zero-order chi connectivity index (χ0) is 30.8. The van der Waals surface area contributed by atoms with Crippen molar-refractivity contribution in [1.29, 1.82) is 0 Å². The monoisotopic (exact) mass is 607 g/mol. The Morgan fingerprint density at radius 2 is 1.60 bits per heavy atom. The highest BCUT2D eigenvalue weighted by atomic mass is 19.4. The zero-order valence-corrected chi connectivity index (χ0v) is 26.1. The number of rotatable bonds is 7. The van der Waals surface area contributed by atoms with Crippen molar-refractivity contribution in [2.24, 2.45) is 11.8 Å². The molecule has 4 aliphatic rings. The average Bonchev–Trinajstić information content (AvgIpc) is 2.98. The molecule has 1 aliphatic carbocycles. The van der Waals surface area contributed by atoms with Crippen molar-refractivity contribution < 1.29 is 27.5 Å². The molecule has 1 aromatic rings. The Morgan fingerprint density at radius 1 is 0.977 bits per heavy atom. The molecule has 0 N–H and O–H groups in total. The van der Waals surface area contributed by atoms with E-state index in [1.165, 1.54) is 46.0 Å². The summed E-state index contributed by atoms with van der Waals surface area (Å²) in [6.07, 6.45) is 8.11. The fourth-order valence-electron chi connectivity index (χ4n) is 7.99. The van der Waals surface area contributed by atoms with E-state index in [-0.39, 0.29) is 34.6 Å². The van der Waals surface area contributed by atoms with Gasteiger partial charge in [0.25, 0.3) is 5.91 Å². The van der Waals surface area contributed by atoms with Crippen LogP contribution in [0.5, 0.6) is 0 Å². The molecule has 8 nitrogen and oxygen atoms in total. The Labute approximate surface area is 253 Å². The maximum Gasteiger partial charge on any atom is 0.451 e. The largest absolute Gasteiger partial charge is 0.451 e.